The molecular formula is C24H23ClN4O2. The second-order valence-electron chi connectivity index (χ2n) is 7.09. The molecule has 2 heterocycles. The Hall–Kier alpha value is -3.38. The van der Waals surface area contributed by atoms with E-state index in [0.717, 1.165) is 42.8 Å². The first kappa shape index (κ1) is 20.9. The fraction of sp³-hybridized carbons (Fsp3) is 0.208. The third-order valence-electron chi connectivity index (χ3n) is 4.76. The number of ether oxygens (including phenoxy) is 1. The third kappa shape index (κ3) is 6.30. The molecule has 0 unspecified atom stereocenters. The molecule has 0 amide bonds. The Labute approximate surface area is 186 Å². The van der Waals surface area contributed by atoms with Crippen molar-refractivity contribution in [1.29, 1.82) is 0 Å². The Balaban J connectivity index is 1.22. The van der Waals surface area contributed by atoms with Crippen molar-refractivity contribution < 1.29 is 9.15 Å². The maximum Gasteiger partial charge on any atom is 0.218 e. The maximum atomic E-state index is 6.15. The van der Waals surface area contributed by atoms with E-state index < -0.39 is 0 Å². The number of rotatable bonds is 10. The number of aryl methyl sites for hydroxylation is 2. The molecule has 0 spiro atoms. The van der Waals surface area contributed by atoms with Crippen LogP contribution in [0.5, 0.6) is 5.75 Å². The molecule has 7 heteroatoms. The highest BCUT2D eigenvalue weighted by molar-refractivity contribution is 6.32. The van der Waals surface area contributed by atoms with Gasteiger partial charge in [-0.2, -0.15) is 0 Å². The van der Waals surface area contributed by atoms with Crippen molar-refractivity contribution in [1.82, 2.24) is 20.0 Å². The minimum atomic E-state index is 0.348. The molecule has 6 nitrogen and oxygen atoms in total. The summed E-state index contributed by atoms with van der Waals surface area (Å²) < 4.78 is 13.2. The molecule has 4 aromatic rings. The Morgan fingerprint density at radius 3 is 2.71 bits per heavy atom. The van der Waals surface area contributed by atoms with Gasteiger partial charge in [-0.3, -0.25) is 4.68 Å². The number of hydrogen-bond acceptors (Lipinski definition) is 5. The lowest BCUT2D eigenvalue weighted by atomic mass is 10.1. The number of oxazole rings is 1. The number of aromatic nitrogens is 4. The van der Waals surface area contributed by atoms with Crippen LogP contribution in [0.1, 0.15) is 35.6 Å². The molecule has 0 atom stereocenters. The number of nitrogens with zero attached hydrogens (tertiary/aromatic N) is 4. The van der Waals surface area contributed by atoms with E-state index in [0.29, 0.717) is 17.5 Å². The van der Waals surface area contributed by atoms with Crippen LogP contribution >= 0.6 is 11.6 Å². The first-order valence-electron chi connectivity index (χ1n) is 10.2. The Bertz CT molecular complexity index is 1100. The van der Waals surface area contributed by atoms with E-state index in [4.69, 9.17) is 20.8 Å². The van der Waals surface area contributed by atoms with E-state index in [1.54, 1.807) is 18.5 Å². The molecule has 0 aliphatic rings. The monoisotopic (exact) mass is 434 g/mol. The number of unbranched alkanes of at least 4 members (excludes halogenated alkanes) is 1. The lowest BCUT2D eigenvalue weighted by Gasteiger charge is -2.06. The van der Waals surface area contributed by atoms with Crippen molar-refractivity contribution in [2.24, 2.45) is 0 Å². The molecule has 2 aromatic heterocycles. The molecule has 0 radical (unpaired) electrons. The topological polar surface area (TPSA) is 66.0 Å². The molecule has 0 fully saturated rings. The normalized spacial score (nSPS) is 11.3. The zero-order valence-electron chi connectivity index (χ0n) is 17.0. The van der Waals surface area contributed by atoms with Crippen LogP contribution in [0, 0.1) is 0 Å². The third-order valence-corrected chi connectivity index (χ3v) is 5.11. The Kier molecular flexibility index (Phi) is 7.13. The lowest BCUT2D eigenvalue weighted by Crippen LogP contribution is -1.99. The second kappa shape index (κ2) is 10.6. The molecule has 0 bridgehead atoms. The van der Waals surface area contributed by atoms with Gasteiger partial charge in [0.15, 0.2) is 0 Å². The summed E-state index contributed by atoms with van der Waals surface area (Å²) in [6.07, 6.45) is 12.1. The molecule has 4 rings (SSSR count). The SMILES string of the molecule is Clc1ccccc1/C=C/c1nc(COc2ccc(CCCCn3ccnn3)cc2)co1. The van der Waals surface area contributed by atoms with Gasteiger partial charge in [0.25, 0.3) is 0 Å². The molecule has 31 heavy (non-hydrogen) atoms. The largest absolute Gasteiger partial charge is 0.487 e. The summed E-state index contributed by atoms with van der Waals surface area (Å²) in [5, 5.41) is 8.48. The second-order valence-corrected chi connectivity index (χ2v) is 7.49. The van der Waals surface area contributed by atoms with E-state index in [1.807, 2.05) is 53.4 Å². The lowest BCUT2D eigenvalue weighted by molar-refractivity contribution is 0.301. The zero-order chi connectivity index (χ0) is 21.3. The van der Waals surface area contributed by atoms with Crippen molar-refractivity contribution in [2.75, 3.05) is 0 Å². The molecule has 0 aliphatic carbocycles. The van der Waals surface area contributed by atoms with E-state index in [1.165, 1.54) is 5.56 Å². The highest BCUT2D eigenvalue weighted by Crippen LogP contribution is 2.19. The highest BCUT2D eigenvalue weighted by Gasteiger charge is 2.04. The molecule has 0 saturated carbocycles. The minimum Gasteiger partial charge on any atom is -0.487 e. The van der Waals surface area contributed by atoms with Crippen molar-refractivity contribution in [3.63, 3.8) is 0 Å². The van der Waals surface area contributed by atoms with Gasteiger partial charge in [0, 0.05) is 23.8 Å². The number of hydrogen-bond donors (Lipinski definition) is 0. The average Bonchev–Trinajstić information content (AvgIpc) is 3.48. The van der Waals surface area contributed by atoms with E-state index >= 15 is 0 Å². The summed E-state index contributed by atoms with van der Waals surface area (Å²) in [6, 6.07) is 15.8. The molecule has 0 aliphatic heterocycles. The van der Waals surface area contributed by atoms with Crippen LogP contribution in [0.2, 0.25) is 5.02 Å². The smallest absolute Gasteiger partial charge is 0.218 e. The summed E-state index contributed by atoms with van der Waals surface area (Å²) in [7, 11) is 0. The van der Waals surface area contributed by atoms with Gasteiger partial charge in [0.2, 0.25) is 5.89 Å². The van der Waals surface area contributed by atoms with Gasteiger partial charge >= 0.3 is 0 Å². The van der Waals surface area contributed by atoms with Gasteiger partial charge in [-0.05, 0) is 54.7 Å². The predicted octanol–water partition coefficient (Wildman–Crippen LogP) is 5.69. The minimum absolute atomic E-state index is 0.348. The zero-order valence-corrected chi connectivity index (χ0v) is 17.8. The Morgan fingerprint density at radius 1 is 1.03 bits per heavy atom. The number of halogens is 1. The van der Waals surface area contributed by atoms with Gasteiger partial charge in [-0.1, -0.05) is 47.1 Å². The first-order chi connectivity index (χ1) is 15.3. The van der Waals surface area contributed by atoms with Gasteiger partial charge in [-0.25, -0.2) is 4.98 Å². The molecule has 158 valence electrons. The van der Waals surface area contributed by atoms with Gasteiger partial charge in [0.05, 0.1) is 6.20 Å². The molecular weight excluding hydrogens is 412 g/mol. The summed E-state index contributed by atoms with van der Waals surface area (Å²) >= 11 is 6.15. The summed E-state index contributed by atoms with van der Waals surface area (Å²) in [5.41, 5.74) is 2.94. The predicted molar refractivity (Wildman–Crippen MR) is 121 cm³/mol. The molecule has 0 N–H and O–H groups in total. The summed E-state index contributed by atoms with van der Waals surface area (Å²) in [6.45, 7) is 1.25. The van der Waals surface area contributed by atoms with E-state index in [9.17, 15) is 0 Å². The standard InChI is InChI=1S/C24H23ClN4O2/c25-23-7-2-1-6-20(23)10-13-24-27-21(18-31-24)17-30-22-11-8-19(9-12-22)5-3-4-15-29-16-14-26-28-29/h1-2,6-14,16,18H,3-5,15,17H2/b13-10+. The van der Waals surface area contributed by atoms with Crippen LogP contribution in [-0.4, -0.2) is 20.0 Å². The summed E-state index contributed by atoms with van der Waals surface area (Å²) in [5.74, 6) is 1.32. The molecule has 2 aromatic carbocycles. The van der Waals surface area contributed by atoms with E-state index in [2.05, 4.69) is 27.4 Å². The fourth-order valence-electron chi connectivity index (χ4n) is 3.10. The van der Waals surface area contributed by atoms with Gasteiger partial charge in [-0.15, -0.1) is 5.10 Å². The fourth-order valence-corrected chi connectivity index (χ4v) is 3.30. The summed E-state index contributed by atoms with van der Waals surface area (Å²) in [4.78, 5) is 4.43. The van der Waals surface area contributed by atoms with Crippen LogP contribution in [0.3, 0.4) is 0 Å². The van der Waals surface area contributed by atoms with Crippen LogP contribution in [0.4, 0.5) is 0 Å². The number of benzene rings is 2. The maximum absolute atomic E-state index is 6.15. The van der Waals surface area contributed by atoms with Crippen LogP contribution < -0.4 is 4.74 Å². The van der Waals surface area contributed by atoms with Gasteiger partial charge < -0.3 is 9.15 Å². The average molecular weight is 435 g/mol. The first-order valence-corrected chi connectivity index (χ1v) is 10.6. The van der Waals surface area contributed by atoms with Crippen molar-refractivity contribution in [3.05, 3.63) is 94.9 Å². The van der Waals surface area contributed by atoms with Crippen LogP contribution in [-0.2, 0) is 19.6 Å². The van der Waals surface area contributed by atoms with Gasteiger partial charge in [0.1, 0.15) is 24.3 Å². The quantitative estimate of drug-likeness (QED) is 0.300. The van der Waals surface area contributed by atoms with Crippen molar-refractivity contribution >= 4 is 23.8 Å². The Morgan fingerprint density at radius 2 is 1.90 bits per heavy atom. The van der Waals surface area contributed by atoms with E-state index in [-0.39, 0.29) is 0 Å². The van der Waals surface area contributed by atoms with Crippen molar-refractivity contribution in [3.8, 4) is 5.75 Å². The van der Waals surface area contributed by atoms with Crippen molar-refractivity contribution in [2.45, 2.75) is 32.4 Å². The van der Waals surface area contributed by atoms with Crippen LogP contribution in [0.25, 0.3) is 12.2 Å². The van der Waals surface area contributed by atoms with Crippen LogP contribution in [0.15, 0.2) is 71.6 Å². The highest BCUT2D eigenvalue weighted by atomic mass is 35.5. The molecule has 0 saturated heterocycles.